The van der Waals surface area contributed by atoms with Crippen LogP contribution in [0.3, 0.4) is 0 Å². The molecular weight excluding hydrogens is 246 g/mol. The highest BCUT2D eigenvalue weighted by Crippen LogP contribution is 2.22. The molecule has 1 aliphatic rings. The van der Waals surface area contributed by atoms with E-state index in [0.717, 1.165) is 42.6 Å². The van der Waals surface area contributed by atoms with Gasteiger partial charge in [0.05, 0.1) is 0 Å². The summed E-state index contributed by atoms with van der Waals surface area (Å²) in [7, 11) is 0. The minimum atomic E-state index is 0.323. The third-order valence-electron chi connectivity index (χ3n) is 3.12. The van der Waals surface area contributed by atoms with Crippen molar-refractivity contribution in [3.05, 3.63) is 23.8 Å². The highest BCUT2D eigenvalue weighted by molar-refractivity contribution is 7.13. The fraction of sp³-hybridized carbons (Fsp3) is 0.417. The van der Waals surface area contributed by atoms with Gasteiger partial charge in [-0.05, 0) is 18.9 Å². The molecule has 0 atom stereocenters. The minimum absolute atomic E-state index is 0.323. The Morgan fingerprint density at radius 1 is 1.22 bits per heavy atom. The highest BCUT2D eigenvalue weighted by Gasteiger charge is 2.18. The Hall–Kier alpha value is -1.53. The first-order chi connectivity index (χ1) is 8.83. The van der Waals surface area contributed by atoms with Crippen LogP contribution in [0.1, 0.15) is 12.8 Å². The van der Waals surface area contributed by atoms with Gasteiger partial charge in [-0.3, -0.25) is 0 Å². The Morgan fingerprint density at radius 3 is 2.78 bits per heavy atom. The van der Waals surface area contributed by atoms with Crippen LogP contribution in [0.4, 0.5) is 5.95 Å². The lowest BCUT2D eigenvalue weighted by Gasteiger charge is -2.30. The van der Waals surface area contributed by atoms with E-state index < -0.39 is 0 Å². The van der Waals surface area contributed by atoms with Crippen LogP contribution in [0.15, 0.2) is 23.8 Å². The molecule has 3 heterocycles. The van der Waals surface area contributed by atoms with E-state index in [2.05, 4.69) is 19.9 Å². The average molecular weight is 261 g/mol. The SMILES string of the molecule is NC1CCN(c2nccc(-c3nccs3)n2)CC1. The van der Waals surface area contributed by atoms with Gasteiger partial charge >= 0.3 is 0 Å². The molecule has 6 heteroatoms. The number of hydrogen-bond donors (Lipinski definition) is 1. The van der Waals surface area contributed by atoms with Crippen molar-refractivity contribution >= 4 is 17.3 Å². The largest absolute Gasteiger partial charge is 0.341 e. The van der Waals surface area contributed by atoms with E-state index in [1.54, 1.807) is 23.7 Å². The van der Waals surface area contributed by atoms with Crippen LogP contribution >= 0.6 is 11.3 Å². The fourth-order valence-electron chi connectivity index (χ4n) is 2.07. The predicted molar refractivity (Wildman–Crippen MR) is 72.6 cm³/mol. The van der Waals surface area contributed by atoms with Gasteiger partial charge in [-0.2, -0.15) is 0 Å². The van der Waals surface area contributed by atoms with E-state index in [9.17, 15) is 0 Å². The molecule has 5 nitrogen and oxygen atoms in total. The molecule has 1 saturated heterocycles. The zero-order chi connectivity index (χ0) is 12.4. The summed E-state index contributed by atoms with van der Waals surface area (Å²) in [6, 6.07) is 2.22. The Bertz CT molecular complexity index is 505. The van der Waals surface area contributed by atoms with Crippen molar-refractivity contribution in [1.82, 2.24) is 15.0 Å². The van der Waals surface area contributed by atoms with Crippen molar-refractivity contribution in [2.75, 3.05) is 18.0 Å². The summed E-state index contributed by atoms with van der Waals surface area (Å²) < 4.78 is 0. The monoisotopic (exact) mass is 261 g/mol. The Labute approximate surface area is 110 Å². The molecule has 1 fully saturated rings. The quantitative estimate of drug-likeness (QED) is 0.888. The van der Waals surface area contributed by atoms with E-state index in [1.165, 1.54) is 0 Å². The first-order valence-corrected chi connectivity index (χ1v) is 6.94. The van der Waals surface area contributed by atoms with Gasteiger partial charge in [-0.25, -0.2) is 15.0 Å². The second-order valence-electron chi connectivity index (χ2n) is 4.40. The second kappa shape index (κ2) is 4.99. The van der Waals surface area contributed by atoms with Gasteiger partial charge in [0, 0.05) is 36.9 Å². The summed E-state index contributed by atoms with van der Waals surface area (Å²) >= 11 is 1.59. The number of nitrogens with zero attached hydrogens (tertiary/aromatic N) is 4. The van der Waals surface area contributed by atoms with Gasteiger partial charge in [0.2, 0.25) is 5.95 Å². The van der Waals surface area contributed by atoms with Crippen molar-refractivity contribution in [1.29, 1.82) is 0 Å². The van der Waals surface area contributed by atoms with Gasteiger partial charge in [-0.15, -0.1) is 11.3 Å². The van der Waals surface area contributed by atoms with Gasteiger partial charge in [0.15, 0.2) is 0 Å². The van der Waals surface area contributed by atoms with Crippen LogP contribution in [-0.4, -0.2) is 34.1 Å². The van der Waals surface area contributed by atoms with Gasteiger partial charge in [0.25, 0.3) is 0 Å². The smallest absolute Gasteiger partial charge is 0.225 e. The molecule has 3 rings (SSSR count). The van der Waals surface area contributed by atoms with Crippen molar-refractivity contribution in [2.45, 2.75) is 18.9 Å². The van der Waals surface area contributed by atoms with Crippen molar-refractivity contribution in [3.63, 3.8) is 0 Å². The van der Waals surface area contributed by atoms with Crippen molar-refractivity contribution < 1.29 is 0 Å². The van der Waals surface area contributed by atoms with E-state index in [4.69, 9.17) is 5.73 Å². The number of piperidine rings is 1. The maximum absolute atomic E-state index is 5.91. The molecule has 2 aromatic rings. The van der Waals surface area contributed by atoms with Crippen molar-refractivity contribution in [3.8, 4) is 10.7 Å². The van der Waals surface area contributed by atoms with E-state index >= 15 is 0 Å². The lowest BCUT2D eigenvalue weighted by Crippen LogP contribution is -2.40. The average Bonchev–Trinajstić information content (AvgIpc) is 2.94. The molecule has 0 radical (unpaired) electrons. The van der Waals surface area contributed by atoms with E-state index in [1.807, 2.05) is 11.4 Å². The van der Waals surface area contributed by atoms with Crippen LogP contribution in [-0.2, 0) is 0 Å². The zero-order valence-electron chi connectivity index (χ0n) is 9.99. The minimum Gasteiger partial charge on any atom is -0.341 e. The first kappa shape index (κ1) is 11.6. The molecular formula is C12H15N5S. The zero-order valence-corrected chi connectivity index (χ0v) is 10.8. The maximum atomic E-state index is 5.91. The van der Waals surface area contributed by atoms with Crippen LogP contribution in [0.25, 0.3) is 10.7 Å². The summed E-state index contributed by atoms with van der Waals surface area (Å²) in [5, 5.41) is 2.89. The Morgan fingerprint density at radius 2 is 2.06 bits per heavy atom. The third kappa shape index (κ3) is 2.34. The Kier molecular flexibility index (Phi) is 3.21. The highest BCUT2D eigenvalue weighted by atomic mass is 32.1. The first-order valence-electron chi connectivity index (χ1n) is 6.06. The number of nitrogens with two attached hydrogens (primary N) is 1. The number of thiazole rings is 1. The Balaban J connectivity index is 1.83. The lowest BCUT2D eigenvalue weighted by atomic mass is 10.1. The fourth-order valence-corrected chi connectivity index (χ4v) is 2.68. The molecule has 0 bridgehead atoms. The number of anilines is 1. The molecule has 0 aliphatic carbocycles. The molecule has 2 N–H and O–H groups in total. The molecule has 0 aromatic carbocycles. The molecule has 0 saturated carbocycles. The normalized spacial score (nSPS) is 17.1. The summed E-state index contributed by atoms with van der Waals surface area (Å²) in [6.07, 6.45) is 5.60. The lowest BCUT2D eigenvalue weighted by molar-refractivity contribution is 0.495. The molecule has 18 heavy (non-hydrogen) atoms. The summed E-state index contributed by atoms with van der Waals surface area (Å²) in [4.78, 5) is 15.4. The van der Waals surface area contributed by atoms with Crippen LogP contribution in [0.5, 0.6) is 0 Å². The number of aromatic nitrogens is 3. The van der Waals surface area contributed by atoms with Crippen molar-refractivity contribution in [2.24, 2.45) is 5.73 Å². The summed E-state index contributed by atoms with van der Waals surface area (Å²) in [6.45, 7) is 1.87. The van der Waals surface area contributed by atoms with Gasteiger partial charge < -0.3 is 10.6 Å². The molecule has 1 aliphatic heterocycles. The van der Waals surface area contributed by atoms with Gasteiger partial charge in [-0.1, -0.05) is 0 Å². The van der Waals surface area contributed by atoms with Crippen LogP contribution < -0.4 is 10.6 Å². The summed E-state index contributed by atoms with van der Waals surface area (Å²) in [5.74, 6) is 0.787. The second-order valence-corrected chi connectivity index (χ2v) is 5.30. The molecule has 0 unspecified atom stereocenters. The molecule has 0 amide bonds. The predicted octanol–water partition coefficient (Wildman–Crippen LogP) is 1.53. The van der Waals surface area contributed by atoms with E-state index in [-0.39, 0.29) is 0 Å². The maximum Gasteiger partial charge on any atom is 0.225 e. The number of hydrogen-bond acceptors (Lipinski definition) is 6. The molecule has 2 aromatic heterocycles. The van der Waals surface area contributed by atoms with Gasteiger partial charge in [0.1, 0.15) is 10.7 Å². The van der Waals surface area contributed by atoms with Crippen LogP contribution in [0.2, 0.25) is 0 Å². The topological polar surface area (TPSA) is 67.9 Å². The third-order valence-corrected chi connectivity index (χ3v) is 3.91. The van der Waals surface area contributed by atoms with Crippen LogP contribution in [0, 0.1) is 0 Å². The summed E-state index contributed by atoms with van der Waals surface area (Å²) in [5.41, 5.74) is 6.80. The molecule has 0 spiro atoms. The van der Waals surface area contributed by atoms with E-state index in [0.29, 0.717) is 6.04 Å². The molecule has 94 valence electrons. The number of rotatable bonds is 2. The standard InChI is InChI=1S/C12H15N5S/c13-9-2-6-17(7-3-9)12-15-4-1-10(16-12)11-14-5-8-18-11/h1,4-5,8-9H,2-3,6-7,13H2.